The fourth-order valence-electron chi connectivity index (χ4n) is 1.40. The summed E-state index contributed by atoms with van der Waals surface area (Å²) in [6.45, 7) is 6.01. The average molecular weight is 302 g/mol. The number of ketones is 1. The van der Waals surface area contributed by atoms with Gasteiger partial charge in [0, 0.05) is 5.56 Å². The lowest BCUT2D eigenvalue weighted by Crippen LogP contribution is -2.32. The first-order valence-corrected chi connectivity index (χ1v) is 7.85. The Balaban J connectivity index is 2.71. The molecular formula is C14H19FO4S. The molecule has 0 unspecified atom stereocenters. The number of sulfone groups is 1. The molecule has 1 aromatic carbocycles. The van der Waals surface area contributed by atoms with E-state index in [9.17, 15) is 17.6 Å². The molecule has 112 valence electrons. The number of carbonyl (C=O) groups is 1. The van der Waals surface area contributed by atoms with Gasteiger partial charge in [-0.05, 0) is 45.9 Å². The zero-order valence-electron chi connectivity index (χ0n) is 12.1. The van der Waals surface area contributed by atoms with Gasteiger partial charge in [-0.3, -0.25) is 4.79 Å². The van der Waals surface area contributed by atoms with Gasteiger partial charge >= 0.3 is 0 Å². The van der Waals surface area contributed by atoms with E-state index in [1.807, 2.05) is 0 Å². The van der Waals surface area contributed by atoms with Crippen LogP contribution in [0.4, 0.5) is 4.39 Å². The van der Waals surface area contributed by atoms with Crippen LogP contribution < -0.4 is 4.74 Å². The van der Waals surface area contributed by atoms with Gasteiger partial charge in [-0.2, -0.15) is 0 Å². The first-order chi connectivity index (χ1) is 9.04. The van der Waals surface area contributed by atoms with Gasteiger partial charge in [-0.1, -0.05) is 0 Å². The average Bonchev–Trinajstić information content (AvgIpc) is 2.29. The molecule has 0 aromatic heterocycles. The van der Waals surface area contributed by atoms with Crippen LogP contribution in [0, 0.1) is 5.82 Å². The monoisotopic (exact) mass is 302 g/mol. The number of Topliss-reactive ketones (excluding diaryl/α,β-unsaturated/α-hetero) is 1. The van der Waals surface area contributed by atoms with Crippen LogP contribution in [0.2, 0.25) is 0 Å². The smallest absolute Gasteiger partial charge is 0.165 e. The highest BCUT2D eigenvalue weighted by atomic mass is 32.2. The van der Waals surface area contributed by atoms with Crippen LogP contribution in [-0.2, 0) is 9.84 Å². The predicted molar refractivity (Wildman–Crippen MR) is 75.4 cm³/mol. The predicted octanol–water partition coefficient (Wildman–Crippen LogP) is 2.62. The number of benzene rings is 1. The van der Waals surface area contributed by atoms with Crippen molar-refractivity contribution in [1.29, 1.82) is 0 Å². The summed E-state index contributed by atoms with van der Waals surface area (Å²) < 4.78 is 41.6. The van der Waals surface area contributed by atoms with Crippen LogP contribution in [0.5, 0.6) is 5.75 Å². The minimum Gasteiger partial charge on any atom is -0.489 e. The normalized spacial score (nSPS) is 12.2. The molecule has 0 atom stereocenters. The maximum Gasteiger partial charge on any atom is 0.165 e. The largest absolute Gasteiger partial charge is 0.489 e. The molecule has 0 N–H and O–H groups in total. The third-order valence-corrected chi connectivity index (χ3v) is 5.45. The molecule has 0 spiro atoms. The first-order valence-electron chi connectivity index (χ1n) is 6.20. The summed E-state index contributed by atoms with van der Waals surface area (Å²) in [7, 11) is -3.30. The molecule has 0 amide bonds. The van der Waals surface area contributed by atoms with E-state index in [0.717, 1.165) is 6.07 Å². The number of hydrogen-bond donors (Lipinski definition) is 0. The number of rotatable bonds is 5. The lowest BCUT2D eigenvalue weighted by molar-refractivity contribution is 0.101. The fourth-order valence-corrected chi connectivity index (χ4v) is 2.32. The minimum absolute atomic E-state index is 0.0564. The number of carbonyl (C=O) groups excluding carboxylic acids is 1. The summed E-state index contributed by atoms with van der Waals surface area (Å²) in [4.78, 5) is 11.1. The van der Waals surface area contributed by atoms with Gasteiger partial charge in [0.25, 0.3) is 0 Å². The van der Waals surface area contributed by atoms with E-state index in [1.54, 1.807) is 20.8 Å². The molecule has 0 radical (unpaired) electrons. The molecule has 20 heavy (non-hydrogen) atoms. The highest BCUT2D eigenvalue weighted by Gasteiger charge is 2.28. The summed E-state index contributed by atoms with van der Waals surface area (Å²) in [6.07, 6.45) is 0. The van der Waals surface area contributed by atoms with Crippen molar-refractivity contribution in [2.24, 2.45) is 0 Å². The van der Waals surface area contributed by atoms with Crippen LogP contribution in [0.3, 0.4) is 0 Å². The number of ether oxygens (including phenoxy) is 1. The van der Waals surface area contributed by atoms with E-state index in [2.05, 4.69) is 0 Å². The van der Waals surface area contributed by atoms with Crippen molar-refractivity contribution in [3.8, 4) is 5.75 Å². The second-order valence-corrected chi connectivity index (χ2v) is 8.34. The zero-order chi connectivity index (χ0) is 15.6. The van der Waals surface area contributed by atoms with Gasteiger partial charge in [0.15, 0.2) is 27.2 Å². The Hall–Kier alpha value is -1.43. The molecular weight excluding hydrogens is 283 g/mol. The van der Waals surface area contributed by atoms with Gasteiger partial charge in [-0.15, -0.1) is 0 Å². The third kappa shape index (κ3) is 4.03. The Morgan fingerprint density at radius 2 is 1.90 bits per heavy atom. The molecule has 1 aromatic rings. The van der Waals surface area contributed by atoms with Crippen molar-refractivity contribution in [3.05, 3.63) is 29.6 Å². The molecule has 1 rings (SSSR count). The highest BCUT2D eigenvalue weighted by Crippen LogP contribution is 2.20. The Kier molecular flexibility index (Phi) is 4.91. The molecule has 0 saturated carbocycles. The van der Waals surface area contributed by atoms with Crippen molar-refractivity contribution in [2.45, 2.75) is 32.4 Å². The van der Waals surface area contributed by atoms with Crippen molar-refractivity contribution in [2.75, 3.05) is 12.4 Å². The lowest BCUT2D eigenvalue weighted by Gasteiger charge is -2.19. The van der Waals surface area contributed by atoms with Gasteiger partial charge in [0.1, 0.15) is 6.61 Å². The summed E-state index contributed by atoms with van der Waals surface area (Å²) in [5.41, 5.74) is 0.247. The summed E-state index contributed by atoms with van der Waals surface area (Å²) in [5.74, 6) is -1.17. The fraction of sp³-hybridized carbons (Fsp3) is 0.500. The van der Waals surface area contributed by atoms with E-state index in [0.29, 0.717) is 0 Å². The standard InChI is InChI=1S/C14H19FO4S/c1-10(16)11-5-6-13(12(15)9-11)19-7-8-20(17,18)14(2,3)4/h5-6,9H,7-8H2,1-4H3. The van der Waals surface area contributed by atoms with Crippen molar-refractivity contribution in [1.82, 2.24) is 0 Å². The zero-order valence-corrected chi connectivity index (χ0v) is 12.9. The van der Waals surface area contributed by atoms with E-state index < -0.39 is 20.4 Å². The van der Waals surface area contributed by atoms with Gasteiger partial charge in [-0.25, -0.2) is 12.8 Å². The SMILES string of the molecule is CC(=O)c1ccc(OCCS(=O)(=O)C(C)(C)C)c(F)c1. The Morgan fingerprint density at radius 1 is 1.30 bits per heavy atom. The quantitative estimate of drug-likeness (QED) is 0.784. The van der Waals surface area contributed by atoms with E-state index in [1.165, 1.54) is 19.1 Å². The first kappa shape index (κ1) is 16.6. The molecule has 6 heteroatoms. The lowest BCUT2D eigenvalue weighted by atomic mass is 10.1. The molecule has 0 aliphatic rings. The molecule has 0 aliphatic carbocycles. The third-order valence-electron chi connectivity index (χ3n) is 2.88. The van der Waals surface area contributed by atoms with Crippen LogP contribution in [-0.4, -0.2) is 31.3 Å². The summed E-state index contributed by atoms with van der Waals surface area (Å²) in [6, 6.07) is 3.85. The van der Waals surface area contributed by atoms with Crippen LogP contribution in [0.15, 0.2) is 18.2 Å². The van der Waals surface area contributed by atoms with E-state index >= 15 is 0 Å². The highest BCUT2D eigenvalue weighted by molar-refractivity contribution is 7.92. The molecule has 4 nitrogen and oxygen atoms in total. The maximum absolute atomic E-state index is 13.6. The number of hydrogen-bond acceptors (Lipinski definition) is 4. The molecule has 0 aliphatic heterocycles. The van der Waals surface area contributed by atoms with Crippen LogP contribution >= 0.6 is 0 Å². The Bertz CT molecular complexity index is 600. The number of halogens is 1. The van der Waals surface area contributed by atoms with E-state index in [4.69, 9.17) is 4.74 Å². The Morgan fingerprint density at radius 3 is 2.35 bits per heavy atom. The molecule has 0 fully saturated rings. The van der Waals surface area contributed by atoms with Crippen LogP contribution in [0.1, 0.15) is 38.1 Å². The second kappa shape index (κ2) is 5.91. The molecule has 0 heterocycles. The van der Waals surface area contributed by atoms with Crippen LogP contribution in [0.25, 0.3) is 0 Å². The second-order valence-electron chi connectivity index (χ2n) is 5.48. The summed E-state index contributed by atoms with van der Waals surface area (Å²) >= 11 is 0. The Labute approximate surface area is 118 Å². The van der Waals surface area contributed by atoms with Gasteiger partial charge in [0.05, 0.1) is 10.5 Å². The van der Waals surface area contributed by atoms with E-state index in [-0.39, 0.29) is 29.5 Å². The van der Waals surface area contributed by atoms with Gasteiger partial charge in [0.2, 0.25) is 0 Å². The molecule has 0 saturated heterocycles. The van der Waals surface area contributed by atoms with Crippen molar-refractivity contribution in [3.63, 3.8) is 0 Å². The summed E-state index contributed by atoms with van der Waals surface area (Å²) in [5, 5.41) is 0. The van der Waals surface area contributed by atoms with Gasteiger partial charge < -0.3 is 4.74 Å². The maximum atomic E-state index is 13.6. The van der Waals surface area contributed by atoms with Crippen molar-refractivity contribution >= 4 is 15.6 Å². The van der Waals surface area contributed by atoms with Crippen molar-refractivity contribution < 1.29 is 22.3 Å². The topological polar surface area (TPSA) is 60.4 Å². The molecule has 0 bridgehead atoms. The minimum atomic E-state index is -3.30.